The second-order valence-electron chi connectivity index (χ2n) is 8.34. The zero-order chi connectivity index (χ0) is 24.4. The second-order valence-corrected chi connectivity index (χ2v) is 8.34. The zero-order valence-corrected chi connectivity index (χ0v) is 18.7. The number of nitrogen functional groups attached to an aromatic ring is 1. The van der Waals surface area contributed by atoms with E-state index >= 15 is 0 Å². The molecule has 1 aliphatic rings. The molecule has 0 bridgehead atoms. The smallest absolute Gasteiger partial charge is 0.326 e. The Morgan fingerprint density at radius 2 is 1.97 bits per heavy atom. The molecule has 0 saturated carbocycles. The number of carboxylic acid groups (broad SMARTS) is 1. The molecule has 1 fully saturated rings. The lowest BCUT2D eigenvalue weighted by molar-refractivity contribution is -0.138. The monoisotopic (exact) mass is 466 g/mol. The van der Waals surface area contributed by atoms with Gasteiger partial charge in [-0.1, -0.05) is 23.4 Å². The molecule has 0 aliphatic carbocycles. The molecule has 5 rings (SSSR count). The van der Waals surface area contributed by atoms with Gasteiger partial charge >= 0.3 is 5.97 Å². The Labute approximate surface area is 201 Å². The molecule has 1 atom stereocenters. The Hall–Kier alpha value is -4.78. The van der Waals surface area contributed by atoms with Gasteiger partial charge in [0.05, 0.1) is 35.8 Å². The number of hydrogen-bond donors (Lipinski definition) is 2. The SMILES string of the molecule is N#Cc1cccc(-c2cc(-c3cn(Cc4cccc(N5CCCC5C(=O)O)n4)nn3)cc(N)n2)c1. The number of carboxylic acids is 1. The van der Waals surface area contributed by atoms with Gasteiger partial charge < -0.3 is 15.7 Å². The van der Waals surface area contributed by atoms with Crippen molar-refractivity contribution in [3.8, 4) is 28.6 Å². The average molecular weight is 467 g/mol. The van der Waals surface area contributed by atoms with Crippen LogP contribution in [0, 0.1) is 11.3 Å². The molecule has 1 unspecified atom stereocenters. The summed E-state index contributed by atoms with van der Waals surface area (Å²) >= 11 is 0. The molecule has 3 aromatic heterocycles. The van der Waals surface area contributed by atoms with Crippen LogP contribution >= 0.6 is 0 Å². The number of benzene rings is 1. The number of nitrogens with two attached hydrogens (primary N) is 1. The number of hydrogen-bond acceptors (Lipinski definition) is 8. The number of rotatable bonds is 6. The highest BCUT2D eigenvalue weighted by molar-refractivity contribution is 5.78. The highest BCUT2D eigenvalue weighted by Crippen LogP contribution is 2.27. The molecule has 0 radical (unpaired) electrons. The minimum Gasteiger partial charge on any atom is -0.480 e. The Morgan fingerprint density at radius 1 is 1.11 bits per heavy atom. The lowest BCUT2D eigenvalue weighted by atomic mass is 10.1. The van der Waals surface area contributed by atoms with E-state index in [2.05, 4.69) is 26.3 Å². The Kier molecular flexibility index (Phi) is 5.81. The first-order chi connectivity index (χ1) is 17.0. The van der Waals surface area contributed by atoms with Crippen LogP contribution in [0.3, 0.4) is 0 Å². The molecule has 174 valence electrons. The van der Waals surface area contributed by atoms with Crippen LogP contribution in [0.2, 0.25) is 0 Å². The van der Waals surface area contributed by atoms with Gasteiger partial charge in [-0.3, -0.25) is 0 Å². The minimum atomic E-state index is -0.828. The van der Waals surface area contributed by atoms with Crippen molar-refractivity contribution in [1.82, 2.24) is 25.0 Å². The van der Waals surface area contributed by atoms with E-state index in [1.165, 1.54) is 0 Å². The highest BCUT2D eigenvalue weighted by atomic mass is 16.4. The van der Waals surface area contributed by atoms with Crippen molar-refractivity contribution in [1.29, 1.82) is 5.26 Å². The number of aliphatic carboxylic acids is 1. The summed E-state index contributed by atoms with van der Waals surface area (Å²) in [6, 6.07) is 17.9. The summed E-state index contributed by atoms with van der Waals surface area (Å²) in [5.74, 6) is 0.159. The van der Waals surface area contributed by atoms with Crippen molar-refractivity contribution in [3.05, 3.63) is 72.1 Å². The minimum absolute atomic E-state index is 0.336. The van der Waals surface area contributed by atoms with Crippen LogP contribution < -0.4 is 10.6 Å². The van der Waals surface area contributed by atoms with E-state index in [1.807, 2.05) is 35.2 Å². The predicted molar refractivity (Wildman–Crippen MR) is 129 cm³/mol. The third-order valence-electron chi connectivity index (χ3n) is 5.92. The number of carbonyl (C=O) groups is 1. The fraction of sp³-hybridized carbons (Fsp3) is 0.200. The van der Waals surface area contributed by atoms with Crippen LogP contribution in [0.25, 0.3) is 22.5 Å². The first-order valence-corrected chi connectivity index (χ1v) is 11.1. The molecule has 0 amide bonds. The highest BCUT2D eigenvalue weighted by Gasteiger charge is 2.31. The first-order valence-electron chi connectivity index (χ1n) is 11.1. The van der Waals surface area contributed by atoms with Crippen LogP contribution in [0.5, 0.6) is 0 Å². The molecule has 0 spiro atoms. The maximum atomic E-state index is 11.5. The van der Waals surface area contributed by atoms with Gasteiger partial charge in [0.2, 0.25) is 0 Å². The fourth-order valence-corrected chi connectivity index (χ4v) is 4.28. The molecule has 1 saturated heterocycles. The van der Waals surface area contributed by atoms with Gasteiger partial charge in [0.15, 0.2) is 0 Å². The lowest BCUT2D eigenvalue weighted by Gasteiger charge is -2.22. The van der Waals surface area contributed by atoms with Gasteiger partial charge in [-0.2, -0.15) is 5.26 Å². The van der Waals surface area contributed by atoms with Crippen LogP contribution in [0.4, 0.5) is 11.6 Å². The lowest BCUT2D eigenvalue weighted by Crippen LogP contribution is -2.36. The Bertz CT molecular complexity index is 1440. The summed E-state index contributed by atoms with van der Waals surface area (Å²) < 4.78 is 1.67. The van der Waals surface area contributed by atoms with E-state index in [4.69, 9.17) is 5.73 Å². The van der Waals surface area contributed by atoms with Crippen molar-refractivity contribution in [3.63, 3.8) is 0 Å². The molecule has 4 heterocycles. The van der Waals surface area contributed by atoms with Crippen molar-refractivity contribution in [2.45, 2.75) is 25.4 Å². The molecule has 10 nitrogen and oxygen atoms in total. The van der Waals surface area contributed by atoms with Crippen LogP contribution in [0.15, 0.2) is 60.8 Å². The topological polar surface area (TPSA) is 147 Å². The van der Waals surface area contributed by atoms with E-state index in [0.717, 1.165) is 23.2 Å². The van der Waals surface area contributed by atoms with Gasteiger partial charge in [-0.15, -0.1) is 5.10 Å². The zero-order valence-electron chi connectivity index (χ0n) is 18.7. The van der Waals surface area contributed by atoms with Gasteiger partial charge in [0.25, 0.3) is 0 Å². The van der Waals surface area contributed by atoms with Gasteiger partial charge in [0.1, 0.15) is 23.4 Å². The van der Waals surface area contributed by atoms with Crippen molar-refractivity contribution < 1.29 is 9.90 Å². The summed E-state index contributed by atoms with van der Waals surface area (Å²) in [4.78, 5) is 22.5. The maximum absolute atomic E-state index is 11.5. The predicted octanol–water partition coefficient (Wildman–Crippen LogP) is 2.96. The molecule has 3 N–H and O–H groups in total. The Balaban J connectivity index is 1.38. The van der Waals surface area contributed by atoms with Crippen LogP contribution in [0.1, 0.15) is 24.1 Å². The third kappa shape index (κ3) is 4.65. The number of pyridine rings is 2. The van der Waals surface area contributed by atoms with Crippen molar-refractivity contribution >= 4 is 17.6 Å². The van der Waals surface area contributed by atoms with Gasteiger partial charge in [-0.05, 0) is 49.2 Å². The van der Waals surface area contributed by atoms with Gasteiger partial charge in [-0.25, -0.2) is 19.4 Å². The normalized spacial score (nSPS) is 15.2. The molecule has 1 aliphatic heterocycles. The fourth-order valence-electron chi connectivity index (χ4n) is 4.28. The van der Waals surface area contributed by atoms with E-state index < -0.39 is 12.0 Å². The average Bonchev–Trinajstić information content (AvgIpc) is 3.54. The maximum Gasteiger partial charge on any atom is 0.326 e. The summed E-state index contributed by atoms with van der Waals surface area (Å²) in [5.41, 5.74) is 10.1. The molecule has 4 aromatic rings. The summed E-state index contributed by atoms with van der Waals surface area (Å²) in [6.07, 6.45) is 3.24. The quantitative estimate of drug-likeness (QED) is 0.437. The number of nitrogens with zero attached hydrogens (tertiary/aromatic N) is 7. The molecular weight excluding hydrogens is 444 g/mol. The Morgan fingerprint density at radius 3 is 2.80 bits per heavy atom. The molecule has 35 heavy (non-hydrogen) atoms. The van der Waals surface area contributed by atoms with Crippen molar-refractivity contribution in [2.75, 3.05) is 17.2 Å². The summed E-state index contributed by atoms with van der Waals surface area (Å²) in [7, 11) is 0. The van der Waals surface area contributed by atoms with Crippen LogP contribution in [-0.2, 0) is 11.3 Å². The molecule has 1 aromatic carbocycles. The summed E-state index contributed by atoms with van der Waals surface area (Å²) in [6.45, 7) is 1.05. The first kappa shape index (κ1) is 22.0. The number of anilines is 2. The van der Waals surface area contributed by atoms with E-state index in [1.54, 1.807) is 35.1 Å². The second kappa shape index (κ2) is 9.23. The van der Waals surface area contributed by atoms with Gasteiger partial charge in [0, 0.05) is 17.7 Å². The van der Waals surface area contributed by atoms with E-state index in [9.17, 15) is 15.2 Å². The van der Waals surface area contributed by atoms with E-state index in [-0.39, 0.29) is 0 Å². The standard InChI is InChI=1S/C25H22N8O2/c26-13-16-4-1-5-17(10-16)20-11-18(12-23(27)29-20)21-15-32(31-30-21)14-19-6-2-8-24(28-19)33-9-3-7-22(33)25(34)35/h1-2,4-6,8,10-12,15,22H,3,7,9,14H2,(H2,27,29)(H,34,35). The van der Waals surface area contributed by atoms with Crippen LogP contribution in [-0.4, -0.2) is 48.6 Å². The number of aromatic nitrogens is 5. The summed E-state index contributed by atoms with van der Waals surface area (Å²) in [5, 5.41) is 27.2. The van der Waals surface area contributed by atoms with Crippen molar-refractivity contribution in [2.24, 2.45) is 0 Å². The molecular formula is C25H22N8O2. The largest absolute Gasteiger partial charge is 0.480 e. The molecule has 10 heteroatoms. The van der Waals surface area contributed by atoms with E-state index in [0.29, 0.717) is 48.1 Å². The number of nitriles is 1. The third-order valence-corrected chi connectivity index (χ3v) is 5.92.